The van der Waals surface area contributed by atoms with Crippen LogP contribution in [0, 0.1) is 19.7 Å². The first kappa shape index (κ1) is 15.0. The van der Waals surface area contributed by atoms with Gasteiger partial charge in [-0.15, -0.1) is 0 Å². The van der Waals surface area contributed by atoms with E-state index in [1.165, 1.54) is 12.1 Å². The van der Waals surface area contributed by atoms with Crippen LogP contribution in [0.5, 0.6) is 0 Å². The van der Waals surface area contributed by atoms with E-state index in [9.17, 15) is 9.18 Å². The number of anilines is 1. The third-order valence-electron chi connectivity index (χ3n) is 3.51. The summed E-state index contributed by atoms with van der Waals surface area (Å²) in [5.41, 5.74) is 2.41. The molecule has 0 unspecified atom stereocenters. The largest absolute Gasteiger partial charge is 0.360 e. The molecule has 3 aromatic rings. The van der Waals surface area contributed by atoms with E-state index in [2.05, 4.69) is 10.5 Å². The number of aromatic nitrogens is 1. The number of amides is 1. The fourth-order valence-electron chi connectivity index (χ4n) is 2.34. The first-order valence-corrected chi connectivity index (χ1v) is 7.15. The van der Waals surface area contributed by atoms with E-state index in [1.807, 2.05) is 30.3 Å². The van der Waals surface area contributed by atoms with Crippen molar-refractivity contribution in [3.8, 4) is 11.3 Å². The molecule has 0 radical (unpaired) electrons. The molecule has 1 amide bonds. The molecule has 0 aliphatic rings. The number of carbonyl (C=O) groups is 1. The Morgan fingerprint density at radius 1 is 1.13 bits per heavy atom. The van der Waals surface area contributed by atoms with Crippen LogP contribution in [0.2, 0.25) is 0 Å². The molecule has 0 fully saturated rings. The topological polar surface area (TPSA) is 55.1 Å². The number of nitrogens with zero attached hydrogens (tertiary/aromatic N) is 1. The van der Waals surface area contributed by atoms with Crippen molar-refractivity contribution in [3.05, 3.63) is 71.2 Å². The van der Waals surface area contributed by atoms with Gasteiger partial charge in [-0.1, -0.05) is 41.6 Å². The van der Waals surface area contributed by atoms with Crippen LogP contribution in [0.3, 0.4) is 0 Å². The minimum absolute atomic E-state index is 0.125. The summed E-state index contributed by atoms with van der Waals surface area (Å²) in [5.74, 6) is -0.548. The summed E-state index contributed by atoms with van der Waals surface area (Å²) in [4.78, 5) is 12.5. The SMILES string of the molecule is Cc1ccc(NC(=O)c2c(-c3ccccc3)noc2C)c(F)c1. The molecule has 1 heterocycles. The average Bonchev–Trinajstić information content (AvgIpc) is 2.93. The van der Waals surface area contributed by atoms with Crippen LogP contribution in [0.1, 0.15) is 21.7 Å². The van der Waals surface area contributed by atoms with Crippen molar-refractivity contribution in [2.24, 2.45) is 0 Å². The van der Waals surface area contributed by atoms with Gasteiger partial charge in [0.25, 0.3) is 5.91 Å². The van der Waals surface area contributed by atoms with Gasteiger partial charge in [0.15, 0.2) is 0 Å². The molecule has 1 aromatic heterocycles. The number of hydrogen-bond acceptors (Lipinski definition) is 3. The summed E-state index contributed by atoms with van der Waals surface area (Å²) >= 11 is 0. The first-order chi connectivity index (χ1) is 11.1. The minimum Gasteiger partial charge on any atom is -0.360 e. The number of hydrogen-bond donors (Lipinski definition) is 1. The standard InChI is InChI=1S/C18H15FN2O2/c1-11-8-9-15(14(19)10-11)20-18(22)16-12(2)23-21-17(16)13-6-4-3-5-7-13/h3-10H,1-2H3,(H,20,22). The number of halogens is 1. The lowest BCUT2D eigenvalue weighted by atomic mass is 10.1. The second kappa shape index (κ2) is 6.04. The summed E-state index contributed by atoms with van der Waals surface area (Å²) < 4.78 is 19.1. The Kier molecular flexibility index (Phi) is 3.93. The number of carbonyl (C=O) groups excluding carboxylic acids is 1. The van der Waals surface area contributed by atoms with E-state index < -0.39 is 11.7 Å². The highest BCUT2D eigenvalue weighted by molar-refractivity contribution is 6.08. The average molecular weight is 310 g/mol. The predicted octanol–water partition coefficient (Wildman–Crippen LogP) is 4.35. The third kappa shape index (κ3) is 2.99. The quantitative estimate of drug-likeness (QED) is 0.782. The van der Waals surface area contributed by atoms with Crippen LogP contribution >= 0.6 is 0 Å². The summed E-state index contributed by atoms with van der Waals surface area (Å²) in [6.07, 6.45) is 0. The van der Waals surface area contributed by atoms with E-state index in [4.69, 9.17) is 4.52 Å². The lowest BCUT2D eigenvalue weighted by Gasteiger charge is -2.07. The molecule has 0 saturated carbocycles. The van der Waals surface area contributed by atoms with Gasteiger partial charge in [-0.05, 0) is 31.5 Å². The van der Waals surface area contributed by atoms with Crippen molar-refractivity contribution in [2.75, 3.05) is 5.32 Å². The van der Waals surface area contributed by atoms with E-state index >= 15 is 0 Å². The fraction of sp³-hybridized carbons (Fsp3) is 0.111. The smallest absolute Gasteiger partial charge is 0.261 e. The molecule has 4 nitrogen and oxygen atoms in total. The Bertz CT molecular complexity index is 857. The molecule has 0 saturated heterocycles. The highest BCUT2D eigenvalue weighted by Gasteiger charge is 2.22. The Labute approximate surface area is 132 Å². The lowest BCUT2D eigenvalue weighted by molar-refractivity contribution is 0.102. The molecule has 0 atom stereocenters. The molecule has 2 aromatic carbocycles. The molecule has 3 rings (SSSR count). The van der Waals surface area contributed by atoms with Crippen molar-refractivity contribution >= 4 is 11.6 Å². The number of nitrogens with one attached hydrogen (secondary N) is 1. The molecular weight excluding hydrogens is 295 g/mol. The van der Waals surface area contributed by atoms with Gasteiger partial charge in [0.1, 0.15) is 22.8 Å². The second-order valence-corrected chi connectivity index (χ2v) is 5.27. The van der Waals surface area contributed by atoms with E-state index in [0.29, 0.717) is 17.0 Å². The third-order valence-corrected chi connectivity index (χ3v) is 3.51. The molecular formula is C18H15FN2O2. The maximum Gasteiger partial charge on any atom is 0.261 e. The Balaban J connectivity index is 1.96. The molecule has 0 aliphatic carbocycles. The van der Waals surface area contributed by atoms with Gasteiger partial charge in [0.2, 0.25) is 0 Å². The first-order valence-electron chi connectivity index (χ1n) is 7.15. The van der Waals surface area contributed by atoms with E-state index in [0.717, 1.165) is 11.1 Å². The zero-order chi connectivity index (χ0) is 16.4. The summed E-state index contributed by atoms with van der Waals surface area (Å²) in [6.45, 7) is 3.44. The van der Waals surface area contributed by atoms with E-state index in [1.54, 1.807) is 19.9 Å². The summed E-state index contributed by atoms with van der Waals surface area (Å²) in [5, 5.41) is 6.53. The maximum atomic E-state index is 13.9. The van der Waals surface area contributed by atoms with Crippen LogP contribution in [0.25, 0.3) is 11.3 Å². The van der Waals surface area contributed by atoms with Gasteiger partial charge >= 0.3 is 0 Å². The summed E-state index contributed by atoms with van der Waals surface area (Å²) in [6, 6.07) is 13.9. The van der Waals surface area contributed by atoms with Gasteiger partial charge in [-0.3, -0.25) is 4.79 Å². The van der Waals surface area contributed by atoms with E-state index in [-0.39, 0.29) is 5.69 Å². The Hall–Kier alpha value is -2.95. The van der Waals surface area contributed by atoms with Crippen molar-refractivity contribution in [2.45, 2.75) is 13.8 Å². The predicted molar refractivity (Wildman–Crippen MR) is 85.8 cm³/mol. The van der Waals surface area contributed by atoms with Gasteiger partial charge in [-0.25, -0.2) is 4.39 Å². The number of rotatable bonds is 3. The molecule has 23 heavy (non-hydrogen) atoms. The number of aryl methyl sites for hydroxylation is 2. The lowest BCUT2D eigenvalue weighted by Crippen LogP contribution is -2.14. The van der Waals surface area contributed by atoms with Crippen molar-refractivity contribution in [3.63, 3.8) is 0 Å². The Morgan fingerprint density at radius 3 is 2.57 bits per heavy atom. The zero-order valence-corrected chi connectivity index (χ0v) is 12.8. The monoisotopic (exact) mass is 310 g/mol. The molecule has 5 heteroatoms. The second-order valence-electron chi connectivity index (χ2n) is 5.27. The van der Waals surface area contributed by atoms with Crippen molar-refractivity contribution < 1.29 is 13.7 Å². The van der Waals surface area contributed by atoms with Crippen LogP contribution in [0.15, 0.2) is 53.1 Å². The van der Waals surface area contributed by atoms with Gasteiger partial charge in [-0.2, -0.15) is 0 Å². The fourth-order valence-corrected chi connectivity index (χ4v) is 2.34. The molecule has 1 N–H and O–H groups in total. The Morgan fingerprint density at radius 2 is 1.87 bits per heavy atom. The molecule has 0 aliphatic heterocycles. The minimum atomic E-state index is -0.478. The molecule has 0 spiro atoms. The molecule has 116 valence electrons. The molecule has 0 bridgehead atoms. The van der Waals surface area contributed by atoms with Gasteiger partial charge < -0.3 is 9.84 Å². The zero-order valence-electron chi connectivity index (χ0n) is 12.8. The maximum absolute atomic E-state index is 13.9. The van der Waals surface area contributed by atoms with Crippen molar-refractivity contribution in [1.82, 2.24) is 5.16 Å². The van der Waals surface area contributed by atoms with Crippen LogP contribution < -0.4 is 5.32 Å². The highest BCUT2D eigenvalue weighted by Crippen LogP contribution is 2.26. The normalized spacial score (nSPS) is 10.6. The van der Waals surface area contributed by atoms with Crippen LogP contribution in [-0.2, 0) is 0 Å². The van der Waals surface area contributed by atoms with Gasteiger partial charge in [0, 0.05) is 5.56 Å². The van der Waals surface area contributed by atoms with Gasteiger partial charge in [0.05, 0.1) is 5.69 Å². The van der Waals surface area contributed by atoms with Crippen LogP contribution in [-0.4, -0.2) is 11.1 Å². The number of benzene rings is 2. The van der Waals surface area contributed by atoms with Crippen molar-refractivity contribution in [1.29, 1.82) is 0 Å². The summed E-state index contributed by atoms with van der Waals surface area (Å²) in [7, 11) is 0. The highest BCUT2D eigenvalue weighted by atomic mass is 19.1. The van der Waals surface area contributed by atoms with Crippen LogP contribution in [0.4, 0.5) is 10.1 Å².